The van der Waals surface area contributed by atoms with Crippen molar-refractivity contribution in [3.63, 3.8) is 0 Å². The van der Waals surface area contributed by atoms with Gasteiger partial charge in [-0.25, -0.2) is 13.4 Å². The van der Waals surface area contributed by atoms with Gasteiger partial charge in [-0.05, 0) is 31.0 Å². The summed E-state index contributed by atoms with van der Waals surface area (Å²) in [7, 11) is -3.24. The molecule has 0 amide bonds. The molecule has 0 aliphatic heterocycles. The van der Waals surface area contributed by atoms with Crippen LogP contribution in [0.2, 0.25) is 0 Å². The molecule has 1 N–H and O–H groups in total. The number of H-pyrrole nitrogens is 1. The summed E-state index contributed by atoms with van der Waals surface area (Å²) in [4.78, 5) is 4.70. The third-order valence-corrected chi connectivity index (χ3v) is 7.53. The number of fused-ring (bicyclic) bond motifs is 1. The van der Waals surface area contributed by atoms with Gasteiger partial charge in [-0.2, -0.15) is 5.10 Å². The van der Waals surface area contributed by atoms with Gasteiger partial charge in [0.1, 0.15) is 0 Å². The number of hydrogen-bond donors (Lipinski definition) is 1. The molecule has 5 nitrogen and oxygen atoms in total. The van der Waals surface area contributed by atoms with Crippen LogP contribution in [0.4, 0.5) is 0 Å². The Morgan fingerprint density at radius 3 is 2.83 bits per heavy atom. The Hall–Kier alpha value is -1.73. The molecule has 1 aliphatic carbocycles. The number of rotatable bonds is 4. The van der Waals surface area contributed by atoms with Gasteiger partial charge in [0, 0.05) is 29.1 Å². The quantitative estimate of drug-likeness (QED) is 0.785. The largest absolute Gasteiger partial charge is 0.281 e. The number of thiazole rings is 1. The molecule has 2 aromatic heterocycles. The molecule has 2 heterocycles. The number of benzene rings is 1. The zero-order valence-corrected chi connectivity index (χ0v) is 14.2. The summed E-state index contributed by atoms with van der Waals surface area (Å²) in [5, 5.41) is 10.9. The Morgan fingerprint density at radius 2 is 2.09 bits per heavy atom. The molecule has 1 fully saturated rings. The number of hydrogen-bond acceptors (Lipinski definition) is 5. The fraction of sp³-hybridized carbons (Fsp3) is 0.375. The molecule has 1 aliphatic rings. The second-order valence-electron chi connectivity index (χ2n) is 5.94. The first-order valence-electron chi connectivity index (χ1n) is 7.74. The van der Waals surface area contributed by atoms with Crippen LogP contribution in [0.25, 0.3) is 10.9 Å². The van der Waals surface area contributed by atoms with E-state index in [1.807, 2.05) is 5.38 Å². The summed E-state index contributed by atoms with van der Waals surface area (Å²) in [6.07, 6.45) is 5.98. The molecule has 0 saturated heterocycles. The molecular weight excluding hydrogens is 330 g/mol. The van der Waals surface area contributed by atoms with Gasteiger partial charge in [0.05, 0.1) is 20.7 Å². The average Bonchev–Trinajstić information content (AvgIpc) is 3.30. The minimum atomic E-state index is -3.24. The highest BCUT2D eigenvalue weighted by atomic mass is 32.2. The van der Waals surface area contributed by atoms with Crippen LogP contribution in [-0.2, 0) is 16.3 Å². The lowest BCUT2D eigenvalue weighted by molar-refractivity contribution is 0.580. The second-order valence-corrected chi connectivity index (χ2v) is 9.14. The Morgan fingerprint density at radius 1 is 1.26 bits per heavy atom. The van der Waals surface area contributed by atoms with Crippen molar-refractivity contribution in [3.05, 3.63) is 40.5 Å². The van der Waals surface area contributed by atoms with Crippen LogP contribution >= 0.6 is 11.3 Å². The van der Waals surface area contributed by atoms with E-state index in [1.165, 1.54) is 0 Å². The fourth-order valence-corrected chi connectivity index (χ4v) is 5.74. The molecule has 1 saturated carbocycles. The predicted octanol–water partition coefficient (Wildman–Crippen LogP) is 3.33. The average molecular weight is 347 g/mol. The SMILES string of the molecule is O=S(=O)(c1ccc2n[nH]c(Cc3nccs3)c2c1)C1CCCC1. The van der Waals surface area contributed by atoms with Crippen molar-refractivity contribution < 1.29 is 8.42 Å². The molecule has 23 heavy (non-hydrogen) atoms. The fourth-order valence-electron chi connectivity index (χ4n) is 3.24. The van der Waals surface area contributed by atoms with E-state index in [4.69, 9.17) is 0 Å². The standard InChI is InChI=1S/C16H17N3O2S2/c20-23(21,11-3-1-2-4-11)12-5-6-14-13(9-12)15(19-18-14)10-16-17-7-8-22-16/h5-9,11H,1-4,10H2,(H,18,19). The number of sulfone groups is 1. The lowest BCUT2D eigenvalue weighted by Gasteiger charge is -2.11. The third kappa shape index (κ3) is 2.68. The molecular formula is C16H17N3O2S2. The van der Waals surface area contributed by atoms with Gasteiger partial charge in [-0.15, -0.1) is 11.3 Å². The zero-order valence-electron chi connectivity index (χ0n) is 12.5. The van der Waals surface area contributed by atoms with E-state index in [-0.39, 0.29) is 5.25 Å². The van der Waals surface area contributed by atoms with Crippen LogP contribution in [0.3, 0.4) is 0 Å². The normalized spacial score (nSPS) is 16.3. The smallest absolute Gasteiger partial charge is 0.181 e. The maximum absolute atomic E-state index is 12.8. The van der Waals surface area contributed by atoms with Crippen LogP contribution in [0.5, 0.6) is 0 Å². The summed E-state index contributed by atoms with van der Waals surface area (Å²) >= 11 is 1.58. The monoisotopic (exact) mass is 347 g/mol. The van der Waals surface area contributed by atoms with E-state index in [0.717, 1.165) is 47.3 Å². The highest BCUT2D eigenvalue weighted by Gasteiger charge is 2.30. The van der Waals surface area contributed by atoms with Crippen LogP contribution in [0.15, 0.2) is 34.7 Å². The third-order valence-electron chi connectivity index (χ3n) is 4.49. The predicted molar refractivity (Wildman–Crippen MR) is 90.5 cm³/mol. The highest BCUT2D eigenvalue weighted by molar-refractivity contribution is 7.92. The van der Waals surface area contributed by atoms with E-state index in [0.29, 0.717) is 11.3 Å². The maximum atomic E-state index is 12.8. The summed E-state index contributed by atoms with van der Waals surface area (Å²) in [5.41, 5.74) is 1.71. The minimum absolute atomic E-state index is 0.228. The molecule has 0 atom stereocenters. The van der Waals surface area contributed by atoms with Crippen molar-refractivity contribution in [1.82, 2.24) is 15.2 Å². The molecule has 3 aromatic rings. The van der Waals surface area contributed by atoms with Crippen molar-refractivity contribution in [2.75, 3.05) is 0 Å². The molecule has 7 heteroatoms. The molecule has 120 valence electrons. The lowest BCUT2D eigenvalue weighted by Crippen LogP contribution is -2.17. The Labute approximate surface area is 138 Å². The van der Waals surface area contributed by atoms with Crippen molar-refractivity contribution in [2.45, 2.75) is 42.2 Å². The van der Waals surface area contributed by atoms with Crippen LogP contribution in [0, 0.1) is 0 Å². The second kappa shape index (κ2) is 5.72. The molecule has 0 unspecified atom stereocenters. The van der Waals surface area contributed by atoms with Gasteiger partial charge in [-0.3, -0.25) is 5.10 Å². The van der Waals surface area contributed by atoms with Crippen LogP contribution in [0.1, 0.15) is 36.4 Å². The first kappa shape index (κ1) is 14.8. The van der Waals surface area contributed by atoms with Crippen molar-refractivity contribution in [3.8, 4) is 0 Å². The summed E-state index contributed by atoms with van der Waals surface area (Å²) in [6.45, 7) is 0. The van der Waals surface area contributed by atoms with E-state index < -0.39 is 9.84 Å². The summed E-state index contributed by atoms with van der Waals surface area (Å²) < 4.78 is 25.6. The van der Waals surface area contributed by atoms with Gasteiger partial charge in [0.25, 0.3) is 0 Å². The zero-order chi connectivity index (χ0) is 15.9. The van der Waals surface area contributed by atoms with Gasteiger partial charge < -0.3 is 0 Å². The van der Waals surface area contributed by atoms with E-state index in [1.54, 1.807) is 35.7 Å². The van der Waals surface area contributed by atoms with Crippen molar-refractivity contribution in [2.24, 2.45) is 0 Å². The van der Waals surface area contributed by atoms with Crippen molar-refractivity contribution >= 4 is 32.1 Å². The maximum Gasteiger partial charge on any atom is 0.181 e. The molecule has 0 spiro atoms. The first-order valence-corrected chi connectivity index (χ1v) is 10.2. The molecule has 1 aromatic carbocycles. The molecule has 4 rings (SSSR count). The van der Waals surface area contributed by atoms with Gasteiger partial charge in [0.2, 0.25) is 0 Å². The lowest BCUT2D eigenvalue weighted by atomic mass is 10.2. The minimum Gasteiger partial charge on any atom is -0.281 e. The van der Waals surface area contributed by atoms with Gasteiger partial charge >= 0.3 is 0 Å². The van der Waals surface area contributed by atoms with Crippen LogP contribution < -0.4 is 0 Å². The van der Waals surface area contributed by atoms with E-state index in [2.05, 4.69) is 15.2 Å². The number of aromatic amines is 1. The van der Waals surface area contributed by atoms with E-state index >= 15 is 0 Å². The molecule has 0 radical (unpaired) electrons. The molecule has 0 bridgehead atoms. The summed E-state index contributed by atoms with van der Waals surface area (Å²) in [5.74, 6) is 0. The number of nitrogens with zero attached hydrogens (tertiary/aromatic N) is 2. The van der Waals surface area contributed by atoms with E-state index in [9.17, 15) is 8.42 Å². The first-order chi connectivity index (χ1) is 11.1. The number of aromatic nitrogens is 3. The number of nitrogens with one attached hydrogen (secondary N) is 1. The van der Waals surface area contributed by atoms with Crippen molar-refractivity contribution in [1.29, 1.82) is 0 Å². The highest BCUT2D eigenvalue weighted by Crippen LogP contribution is 2.31. The van der Waals surface area contributed by atoms with Gasteiger partial charge in [0.15, 0.2) is 9.84 Å². The van der Waals surface area contributed by atoms with Gasteiger partial charge in [-0.1, -0.05) is 12.8 Å². The Kier molecular flexibility index (Phi) is 3.69. The summed E-state index contributed by atoms with van der Waals surface area (Å²) in [6, 6.07) is 5.25. The topological polar surface area (TPSA) is 75.7 Å². The Balaban J connectivity index is 1.74. The Bertz CT molecular complexity index is 924. The van der Waals surface area contributed by atoms with Crippen LogP contribution in [-0.4, -0.2) is 28.8 Å².